The standard InChI is InChI=1S/C39H72N2O6/c1-7-23-30(2)24-19-17-15-13-11-9-8-10-12-14-16-18-20-27-34(42)40-32-26-22-21-25-31(32)33(28-35(43)44)41-37(45)36-38(3,4)29-46-39(5,6)47-36/h30-33,36H,7-29H2,1-6H3,(H,40,42)(H,41,45)(H,43,44). The molecule has 2 amide bonds. The van der Waals surface area contributed by atoms with Crippen LogP contribution in [-0.2, 0) is 23.9 Å². The molecular weight excluding hydrogens is 592 g/mol. The Morgan fingerprint density at radius 2 is 1.36 bits per heavy atom. The van der Waals surface area contributed by atoms with Gasteiger partial charge in [0.15, 0.2) is 5.79 Å². The second-order valence-electron chi connectivity index (χ2n) is 16.0. The van der Waals surface area contributed by atoms with Crippen molar-refractivity contribution >= 4 is 17.8 Å². The largest absolute Gasteiger partial charge is 0.481 e. The summed E-state index contributed by atoms with van der Waals surface area (Å²) < 4.78 is 11.8. The van der Waals surface area contributed by atoms with Gasteiger partial charge < -0.3 is 25.2 Å². The maximum Gasteiger partial charge on any atom is 0.305 e. The van der Waals surface area contributed by atoms with Gasteiger partial charge in [0, 0.05) is 23.9 Å². The highest BCUT2D eigenvalue weighted by atomic mass is 16.7. The van der Waals surface area contributed by atoms with E-state index in [1.807, 2.05) is 13.8 Å². The number of carbonyl (C=O) groups excluding carboxylic acids is 2. The summed E-state index contributed by atoms with van der Waals surface area (Å²) in [6, 6.07) is -0.726. The molecule has 1 saturated heterocycles. The quantitative estimate of drug-likeness (QED) is 0.0887. The summed E-state index contributed by atoms with van der Waals surface area (Å²) in [4.78, 5) is 38.3. The minimum absolute atomic E-state index is 0.0356. The first kappa shape index (κ1) is 41.5. The first-order chi connectivity index (χ1) is 22.3. The first-order valence-corrected chi connectivity index (χ1v) is 19.5. The molecule has 2 fully saturated rings. The van der Waals surface area contributed by atoms with Gasteiger partial charge in [0.1, 0.15) is 6.10 Å². The van der Waals surface area contributed by atoms with Crippen molar-refractivity contribution in [1.82, 2.24) is 10.6 Å². The summed E-state index contributed by atoms with van der Waals surface area (Å²) in [5, 5.41) is 16.0. The lowest BCUT2D eigenvalue weighted by atomic mass is 9.78. The Bertz CT molecular complexity index is 906. The van der Waals surface area contributed by atoms with E-state index in [9.17, 15) is 19.5 Å². The van der Waals surface area contributed by atoms with Gasteiger partial charge in [-0.15, -0.1) is 0 Å². The van der Waals surface area contributed by atoms with Gasteiger partial charge in [-0.05, 0) is 44.9 Å². The lowest BCUT2D eigenvalue weighted by Gasteiger charge is -2.45. The van der Waals surface area contributed by atoms with Crippen LogP contribution >= 0.6 is 0 Å². The van der Waals surface area contributed by atoms with Gasteiger partial charge >= 0.3 is 5.97 Å². The molecule has 8 nitrogen and oxygen atoms in total. The third-order valence-corrected chi connectivity index (χ3v) is 10.4. The number of unbranched alkanes of at least 4 members (excludes halogenated alkanes) is 12. The fourth-order valence-electron chi connectivity index (χ4n) is 7.54. The Morgan fingerprint density at radius 1 is 0.809 bits per heavy atom. The Hall–Kier alpha value is -1.67. The Kier molecular flexibility index (Phi) is 19.5. The monoisotopic (exact) mass is 665 g/mol. The van der Waals surface area contributed by atoms with Crippen molar-refractivity contribution in [3.63, 3.8) is 0 Å². The molecule has 47 heavy (non-hydrogen) atoms. The summed E-state index contributed by atoms with van der Waals surface area (Å²) >= 11 is 0. The molecule has 2 rings (SSSR count). The zero-order chi connectivity index (χ0) is 34.7. The van der Waals surface area contributed by atoms with E-state index in [0.29, 0.717) is 13.0 Å². The van der Waals surface area contributed by atoms with Crippen molar-refractivity contribution in [2.75, 3.05) is 6.61 Å². The van der Waals surface area contributed by atoms with Gasteiger partial charge in [0.05, 0.1) is 13.0 Å². The molecule has 2 aliphatic rings. The van der Waals surface area contributed by atoms with Crippen LogP contribution < -0.4 is 10.6 Å². The lowest BCUT2D eigenvalue weighted by molar-refractivity contribution is -0.304. The number of carbonyl (C=O) groups is 3. The molecule has 0 spiro atoms. The van der Waals surface area contributed by atoms with Gasteiger partial charge in [-0.25, -0.2) is 0 Å². The lowest BCUT2D eigenvalue weighted by Crippen LogP contribution is -2.60. The molecule has 1 aliphatic heterocycles. The van der Waals surface area contributed by atoms with Crippen molar-refractivity contribution in [2.24, 2.45) is 17.3 Å². The van der Waals surface area contributed by atoms with Crippen LogP contribution in [0, 0.1) is 17.3 Å². The van der Waals surface area contributed by atoms with Crippen LogP contribution in [0.25, 0.3) is 0 Å². The van der Waals surface area contributed by atoms with Crippen LogP contribution in [0.15, 0.2) is 0 Å². The average molecular weight is 665 g/mol. The highest BCUT2D eigenvalue weighted by molar-refractivity contribution is 5.83. The highest BCUT2D eigenvalue weighted by Crippen LogP contribution is 2.36. The molecule has 8 heteroatoms. The van der Waals surface area contributed by atoms with E-state index in [0.717, 1.165) is 44.4 Å². The number of hydrogen-bond acceptors (Lipinski definition) is 5. The van der Waals surface area contributed by atoms with Gasteiger partial charge in [0.2, 0.25) is 11.8 Å². The van der Waals surface area contributed by atoms with Crippen LogP contribution in [0.1, 0.15) is 183 Å². The Morgan fingerprint density at radius 3 is 1.94 bits per heavy atom. The second kappa shape index (κ2) is 22.1. The summed E-state index contributed by atoms with van der Waals surface area (Å²) in [7, 11) is 0. The number of hydrogen-bond donors (Lipinski definition) is 3. The van der Waals surface area contributed by atoms with Gasteiger partial charge in [-0.3, -0.25) is 14.4 Å². The van der Waals surface area contributed by atoms with Crippen LogP contribution in [0.4, 0.5) is 0 Å². The molecule has 274 valence electrons. The predicted molar refractivity (Wildman–Crippen MR) is 190 cm³/mol. The van der Waals surface area contributed by atoms with Gasteiger partial charge in [-0.2, -0.15) is 0 Å². The van der Waals surface area contributed by atoms with E-state index in [4.69, 9.17) is 9.47 Å². The Labute approximate surface area is 287 Å². The average Bonchev–Trinajstić information content (AvgIpc) is 3.00. The zero-order valence-corrected chi connectivity index (χ0v) is 31.1. The van der Waals surface area contributed by atoms with Crippen LogP contribution in [0.5, 0.6) is 0 Å². The van der Waals surface area contributed by atoms with Crippen LogP contribution in [-0.4, -0.2) is 53.5 Å². The summed E-state index contributed by atoms with van der Waals surface area (Å²) in [5.74, 6) is -1.37. The number of nitrogens with one attached hydrogen (secondary N) is 2. The van der Waals surface area contributed by atoms with E-state index in [1.165, 1.54) is 89.9 Å². The van der Waals surface area contributed by atoms with E-state index in [1.54, 1.807) is 13.8 Å². The molecule has 1 heterocycles. The predicted octanol–water partition coefficient (Wildman–Crippen LogP) is 9.09. The fraction of sp³-hybridized carbons (Fsp3) is 0.923. The number of carboxylic acid groups (broad SMARTS) is 1. The fourth-order valence-corrected chi connectivity index (χ4v) is 7.54. The van der Waals surface area contributed by atoms with E-state index >= 15 is 0 Å². The van der Waals surface area contributed by atoms with Crippen LogP contribution in [0.2, 0.25) is 0 Å². The maximum absolute atomic E-state index is 13.5. The molecule has 0 aromatic carbocycles. The van der Waals surface area contributed by atoms with E-state index in [2.05, 4.69) is 24.5 Å². The van der Waals surface area contributed by atoms with Crippen molar-refractivity contribution in [3.8, 4) is 0 Å². The minimum Gasteiger partial charge on any atom is -0.481 e. The molecule has 3 N–H and O–H groups in total. The summed E-state index contributed by atoms with van der Waals surface area (Å²) in [6.07, 6.45) is 23.8. The molecule has 5 unspecified atom stereocenters. The number of ether oxygens (including phenoxy) is 2. The van der Waals surface area contributed by atoms with Crippen molar-refractivity contribution in [1.29, 1.82) is 0 Å². The molecule has 0 bridgehead atoms. The molecule has 1 aliphatic carbocycles. The molecule has 0 aromatic rings. The molecule has 1 saturated carbocycles. The van der Waals surface area contributed by atoms with Crippen molar-refractivity contribution < 1.29 is 29.0 Å². The van der Waals surface area contributed by atoms with Crippen LogP contribution in [0.3, 0.4) is 0 Å². The normalized spacial score (nSPS) is 23.5. The van der Waals surface area contributed by atoms with Gasteiger partial charge in [0.25, 0.3) is 0 Å². The van der Waals surface area contributed by atoms with E-state index < -0.39 is 29.3 Å². The number of carboxylic acids is 1. The minimum atomic E-state index is -0.961. The smallest absolute Gasteiger partial charge is 0.305 e. The SMILES string of the molecule is CCCC(C)CCCCCCCCCCCCCCCC(=O)NC1CCCCC1C(CC(=O)O)NC(=O)C1OC(C)(C)OCC1(C)C. The zero-order valence-electron chi connectivity index (χ0n) is 31.1. The van der Waals surface area contributed by atoms with E-state index in [-0.39, 0.29) is 30.2 Å². The van der Waals surface area contributed by atoms with Crippen molar-refractivity contribution in [2.45, 2.75) is 207 Å². The first-order valence-electron chi connectivity index (χ1n) is 19.5. The number of rotatable bonds is 24. The summed E-state index contributed by atoms with van der Waals surface area (Å²) in [6.45, 7) is 12.4. The highest BCUT2D eigenvalue weighted by Gasteiger charge is 2.47. The molecule has 5 atom stereocenters. The summed E-state index contributed by atoms with van der Waals surface area (Å²) in [5.41, 5.74) is -0.556. The number of aliphatic carboxylic acids is 1. The maximum atomic E-state index is 13.5. The molecule has 0 radical (unpaired) electrons. The van der Waals surface area contributed by atoms with Crippen molar-refractivity contribution in [3.05, 3.63) is 0 Å². The third-order valence-electron chi connectivity index (χ3n) is 10.4. The third kappa shape index (κ3) is 17.0. The number of amides is 2. The second-order valence-corrected chi connectivity index (χ2v) is 16.0. The topological polar surface area (TPSA) is 114 Å². The van der Waals surface area contributed by atoms with Gasteiger partial charge in [-0.1, -0.05) is 137 Å². The molecular formula is C39H72N2O6. The molecule has 0 aromatic heterocycles. The Balaban J connectivity index is 1.65.